The lowest BCUT2D eigenvalue weighted by molar-refractivity contribution is -0.384. The van der Waals surface area contributed by atoms with Crippen LogP contribution in [-0.2, 0) is 30.3 Å². The number of rotatable bonds is 21. The summed E-state index contributed by atoms with van der Waals surface area (Å²) in [6.45, 7) is 4.34. The van der Waals surface area contributed by atoms with Crippen LogP contribution in [0.15, 0.2) is 79.3 Å². The smallest absolute Gasteiger partial charge is 0.280 e. The van der Waals surface area contributed by atoms with E-state index in [4.69, 9.17) is 28.4 Å². The van der Waals surface area contributed by atoms with Gasteiger partial charge in [0.25, 0.3) is 5.69 Å². The van der Waals surface area contributed by atoms with Gasteiger partial charge in [0.1, 0.15) is 6.61 Å². The van der Waals surface area contributed by atoms with Crippen LogP contribution >= 0.6 is 0 Å². The molecule has 244 valence electrons. The summed E-state index contributed by atoms with van der Waals surface area (Å²) in [5.41, 5.74) is 0.444. The van der Waals surface area contributed by atoms with E-state index < -0.39 is 16.6 Å². The van der Waals surface area contributed by atoms with Crippen molar-refractivity contribution in [3.05, 3.63) is 107 Å². The fraction of sp³-hybridized carbons (Fsp3) is 0.333. The average molecular weight is 640 g/mol. The third kappa shape index (κ3) is 10.6. The Morgan fingerprint density at radius 2 is 1.17 bits per heavy atom. The van der Waals surface area contributed by atoms with Crippen molar-refractivity contribution in [1.82, 2.24) is 9.97 Å². The van der Waals surface area contributed by atoms with E-state index in [2.05, 4.69) is 9.97 Å². The molecule has 0 aliphatic rings. The van der Waals surface area contributed by atoms with Crippen LogP contribution < -0.4 is 4.74 Å². The molecule has 2 aromatic heterocycles. The largest absolute Gasteiger partial charge is 0.475 e. The number of aromatic nitrogens is 2. The second-order valence-electron chi connectivity index (χ2n) is 9.63. The molecule has 4 rings (SSSR count). The normalized spacial score (nSPS) is 11.1. The molecule has 13 heteroatoms. The number of hydrogen-bond acceptors (Lipinski definition) is 10. The molecule has 46 heavy (non-hydrogen) atoms. The van der Waals surface area contributed by atoms with Crippen molar-refractivity contribution < 1.29 is 42.1 Å². The molecule has 0 saturated heterocycles. The lowest BCUT2D eigenvalue weighted by Crippen LogP contribution is -2.14. The van der Waals surface area contributed by atoms with Crippen LogP contribution in [0.4, 0.5) is 14.5 Å². The van der Waals surface area contributed by atoms with Gasteiger partial charge in [0.2, 0.25) is 5.88 Å². The first-order valence-corrected chi connectivity index (χ1v) is 14.6. The summed E-state index contributed by atoms with van der Waals surface area (Å²) < 4.78 is 63.5. The van der Waals surface area contributed by atoms with Crippen LogP contribution in [0.1, 0.15) is 5.56 Å². The van der Waals surface area contributed by atoms with Crippen LogP contribution in [0.2, 0.25) is 0 Å². The van der Waals surface area contributed by atoms with Gasteiger partial charge in [0.15, 0.2) is 11.6 Å². The van der Waals surface area contributed by atoms with E-state index in [9.17, 15) is 10.1 Å². The Bertz CT molecular complexity index is 1510. The Kier molecular flexibility index (Phi) is 14.4. The highest BCUT2D eigenvalue weighted by molar-refractivity contribution is 5.77. The topological polar surface area (TPSA) is 124 Å². The lowest BCUT2D eigenvalue weighted by atomic mass is 9.99. The fourth-order valence-electron chi connectivity index (χ4n) is 4.27. The number of ether oxygens (including phenoxy) is 6. The summed E-state index contributed by atoms with van der Waals surface area (Å²) in [7, 11) is 0. The molecule has 0 radical (unpaired) electrons. The van der Waals surface area contributed by atoms with Crippen molar-refractivity contribution in [2.45, 2.75) is 6.61 Å². The molecular weight excluding hydrogens is 604 g/mol. The lowest BCUT2D eigenvalue weighted by Gasteiger charge is -2.13. The number of nitrogens with zero attached hydrogens (tertiary/aromatic N) is 3. The highest BCUT2D eigenvalue weighted by Gasteiger charge is 2.23. The van der Waals surface area contributed by atoms with Crippen LogP contribution in [0.5, 0.6) is 5.88 Å². The third-order valence-corrected chi connectivity index (χ3v) is 6.49. The van der Waals surface area contributed by atoms with E-state index in [0.717, 1.165) is 17.8 Å². The van der Waals surface area contributed by atoms with Gasteiger partial charge < -0.3 is 28.4 Å². The van der Waals surface area contributed by atoms with Crippen molar-refractivity contribution >= 4 is 5.69 Å². The van der Waals surface area contributed by atoms with E-state index in [0.29, 0.717) is 59.5 Å². The van der Waals surface area contributed by atoms with Gasteiger partial charge >= 0.3 is 0 Å². The molecule has 0 aliphatic heterocycles. The van der Waals surface area contributed by atoms with Crippen LogP contribution in [0, 0.1) is 21.7 Å². The van der Waals surface area contributed by atoms with Gasteiger partial charge in [-0.3, -0.25) is 15.1 Å². The third-order valence-electron chi connectivity index (χ3n) is 6.49. The predicted octanol–water partition coefficient (Wildman–Crippen LogP) is 5.66. The summed E-state index contributed by atoms with van der Waals surface area (Å²) in [5.74, 6) is -2.35. The molecule has 11 nitrogen and oxygen atoms in total. The molecule has 0 unspecified atom stereocenters. The number of halogens is 2. The number of benzene rings is 2. The van der Waals surface area contributed by atoms with E-state index in [1.165, 1.54) is 30.6 Å². The number of pyridine rings is 2. The second-order valence-corrected chi connectivity index (χ2v) is 9.63. The monoisotopic (exact) mass is 639 g/mol. The quantitative estimate of drug-likeness (QED) is 0.0641. The Hall–Kier alpha value is -4.40. The Labute approximate surface area is 265 Å². The first-order valence-electron chi connectivity index (χ1n) is 14.6. The standard InChI is InChI=1S/C33H35F2N3O8/c34-31-26(8-9-27(32(31)35)29-23-36-12-10-30(29)38(39)40)28-7-4-11-37-33(28)46-22-21-44-18-17-42-14-13-41-15-16-43-19-20-45-24-25-5-2-1-3-6-25/h1-12,23H,13-22,24H2. The van der Waals surface area contributed by atoms with Gasteiger partial charge in [-0.05, 0) is 17.7 Å². The summed E-state index contributed by atoms with van der Waals surface area (Å²) in [6.07, 6.45) is 3.80. The fourth-order valence-corrected chi connectivity index (χ4v) is 4.27. The van der Waals surface area contributed by atoms with Crippen LogP contribution in [-0.4, -0.2) is 81.0 Å². The SMILES string of the molecule is O=[N+]([O-])c1ccncc1-c1ccc(-c2cccnc2OCCOCCOCCOCCOCCOCc2ccccc2)c(F)c1F. The summed E-state index contributed by atoms with van der Waals surface area (Å²) >= 11 is 0. The molecule has 0 atom stereocenters. The Morgan fingerprint density at radius 1 is 0.609 bits per heavy atom. The van der Waals surface area contributed by atoms with Gasteiger partial charge in [-0.2, -0.15) is 0 Å². The van der Waals surface area contributed by atoms with Gasteiger partial charge in [-0.25, -0.2) is 13.8 Å². The zero-order valence-corrected chi connectivity index (χ0v) is 25.1. The minimum atomic E-state index is -1.24. The molecule has 2 heterocycles. The molecule has 0 N–H and O–H groups in total. The van der Waals surface area contributed by atoms with Crippen molar-refractivity contribution in [3.8, 4) is 28.1 Å². The molecule has 0 fully saturated rings. The minimum Gasteiger partial charge on any atom is -0.475 e. The zero-order valence-electron chi connectivity index (χ0n) is 25.1. The van der Waals surface area contributed by atoms with E-state index in [1.54, 1.807) is 6.07 Å². The molecule has 0 amide bonds. The number of nitro groups is 1. The van der Waals surface area contributed by atoms with E-state index in [-0.39, 0.29) is 47.0 Å². The van der Waals surface area contributed by atoms with Crippen LogP contribution in [0.3, 0.4) is 0 Å². The molecular formula is C33H35F2N3O8. The maximum absolute atomic E-state index is 15.2. The predicted molar refractivity (Wildman–Crippen MR) is 164 cm³/mol. The van der Waals surface area contributed by atoms with Gasteiger partial charge in [0.05, 0.1) is 76.6 Å². The number of hydrogen-bond donors (Lipinski definition) is 0. The summed E-state index contributed by atoms with van der Waals surface area (Å²) in [5, 5.41) is 11.3. The van der Waals surface area contributed by atoms with Crippen molar-refractivity contribution in [3.63, 3.8) is 0 Å². The first kappa shape index (κ1) is 34.5. The Balaban J connectivity index is 1.08. The van der Waals surface area contributed by atoms with Crippen molar-refractivity contribution in [1.29, 1.82) is 0 Å². The Morgan fingerprint density at radius 3 is 1.78 bits per heavy atom. The van der Waals surface area contributed by atoms with Gasteiger partial charge in [0, 0.05) is 41.3 Å². The van der Waals surface area contributed by atoms with Gasteiger partial charge in [-0.15, -0.1) is 0 Å². The summed E-state index contributed by atoms with van der Waals surface area (Å²) in [4.78, 5) is 18.6. The van der Waals surface area contributed by atoms with E-state index >= 15 is 8.78 Å². The maximum Gasteiger partial charge on any atom is 0.280 e. The molecule has 2 aromatic carbocycles. The first-order chi connectivity index (χ1) is 22.6. The molecule has 4 aromatic rings. The molecule has 0 spiro atoms. The van der Waals surface area contributed by atoms with Crippen molar-refractivity contribution in [2.24, 2.45) is 0 Å². The van der Waals surface area contributed by atoms with E-state index in [1.807, 2.05) is 30.3 Å². The average Bonchev–Trinajstić information content (AvgIpc) is 3.08. The molecule has 0 saturated carbocycles. The minimum absolute atomic E-state index is 0.0848. The van der Waals surface area contributed by atoms with Crippen molar-refractivity contribution in [2.75, 3.05) is 66.1 Å². The zero-order chi connectivity index (χ0) is 32.4. The highest BCUT2D eigenvalue weighted by Crippen LogP contribution is 2.37. The maximum atomic E-state index is 15.2. The second kappa shape index (κ2) is 19.2. The highest BCUT2D eigenvalue weighted by atomic mass is 19.2. The van der Waals surface area contributed by atoms with Crippen LogP contribution in [0.25, 0.3) is 22.3 Å². The molecule has 0 bridgehead atoms. The molecule has 0 aliphatic carbocycles. The van der Waals surface area contributed by atoms with Gasteiger partial charge in [-0.1, -0.05) is 42.5 Å². The summed E-state index contributed by atoms with van der Waals surface area (Å²) in [6, 6.07) is 16.8.